The highest BCUT2D eigenvalue weighted by atomic mass is 15.2. The number of nitrogens with zero attached hydrogens (tertiary/aromatic N) is 3. The maximum Gasteiger partial charge on any atom is 0.225 e. The highest BCUT2D eigenvalue weighted by Gasteiger charge is 2.11. The molecule has 0 aliphatic heterocycles. The third kappa shape index (κ3) is 4.35. The monoisotopic (exact) mass is 332 g/mol. The minimum Gasteiger partial charge on any atom is -0.354 e. The van der Waals surface area contributed by atoms with E-state index in [1.807, 2.05) is 49.5 Å². The first kappa shape index (κ1) is 17.0. The number of rotatable bonds is 7. The molecule has 128 valence electrons. The molecule has 0 saturated heterocycles. The molecule has 4 heteroatoms. The van der Waals surface area contributed by atoms with Crippen molar-refractivity contribution in [3.63, 3.8) is 0 Å². The zero-order chi connectivity index (χ0) is 17.5. The van der Waals surface area contributed by atoms with Gasteiger partial charge < -0.3 is 10.2 Å². The van der Waals surface area contributed by atoms with E-state index in [1.165, 1.54) is 0 Å². The molecule has 3 aromatic rings. The normalized spacial score (nSPS) is 10.5. The first-order valence-electron chi connectivity index (χ1n) is 8.75. The first-order valence-corrected chi connectivity index (χ1v) is 8.75. The summed E-state index contributed by atoms with van der Waals surface area (Å²) in [5, 5.41) is 3.35. The van der Waals surface area contributed by atoms with E-state index in [4.69, 9.17) is 9.97 Å². The van der Waals surface area contributed by atoms with Crippen LogP contribution in [0.5, 0.6) is 0 Å². The summed E-state index contributed by atoms with van der Waals surface area (Å²) in [5.41, 5.74) is 3.11. The molecular formula is C21H24N4. The third-order valence-electron chi connectivity index (χ3n) is 4.08. The summed E-state index contributed by atoms with van der Waals surface area (Å²) in [6.07, 6.45) is 2.24. The molecular weight excluding hydrogens is 308 g/mol. The molecule has 0 aliphatic carbocycles. The van der Waals surface area contributed by atoms with Gasteiger partial charge in [-0.15, -0.1) is 0 Å². The van der Waals surface area contributed by atoms with Gasteiger partial charge in [0.25, 0.3) is 0 Å². The van der Waals surface area contributed by atoms with Crippen LogP contribution in [0.2, 0.25) is 0 Å². The van der Waals surface area contributed by atoms with Crippen molar-refractivity contribution in [1.29, 1.82) is 0 Å². The predicted molar refractivity (Wildman–Crippen MR) is 105 cm³/mol. The van der Waals surface area contributed by atoms with Crippen LogP contribution in [0.25, 0.3) is 11.3 Å². The molecule has 0 radical (unpaired) electrons. The van der Waals surface area contributed by atoms with Gasteiger partial charge in [-0.2, -0.15) is 4.98 Å². The van der Waals surface area contributed by atoms with Gasteiger partial charge in [0.15, 0.2) is 0 Å². The van der Waals surface area contributed by atoms with E-state index in [9.17, 15) is 0 Å². The highest BCUT2D eigenvalue weighted by molar-refractivity contribution is 5.68. The van der Waals surface area contributed by atoms with E-state index in [-0.39, 0.29) is 0 Å². The van der Waals surface area contributed by atoms with Crippen molar-refractivity contribution in [3.05, 3.63) is 66.7 Å². The van der Waals surface area contributed by atoms with Crippen LogP contribution in [0.1, 0.15) is 19.8 Å². The number of para-hydroxylation sites is 1. The van der Waals surface area contributed by atoms with Crippen LogP contribution in [0.4, 0.5) is 17.5 Å². The average molecular weight is 332 g/mol. The molecule has 1 heterocycles. The molecule has 1 N–H and O–H groups in total. The Morgan fingerprint density at radius 2 is 1.60 bits per heavy atom. The maximum absolute atomic E-state index is 4.71. The second kappa shape index (κ2) is 8.29. The van der Waals surface area contributed by atoms with Crippen LogP contribution in [-0.2, 0) is 0 Å². The van der Waals surface area contributed by atoms with Gasteiger partial charge in [-0.1, -0.05) is 61.9 Å². The van der Waals surface area contributed by atoms with Crippen molar-refractivity contribution < 1.29 is 0 Å². The lowest BCUT2D eigenvalue weighted by atomic mass is 10.1. The van der Waals surface area contributed by atoms with Crippen LogP contribution in [0, 0.1) is 0 Å². The van der Waals surface area contributed by atoms with Crippen molar-refractivity contribution in [2.24, 2.45) is 0 Å². The summed E-state index contributed by atoms with van der Waals surface area (Å²) in [7, 11) is 2.03. The van der Waals surface area contributed by atoms with Gasteiger partial charge in [-0.05, 0) is 18.6 Å². The Hall–Kier alpha value is -2.88. The fourth-order valence-corrected chi connectivity index (χ4v) is 2.60. The lowest BCUT2D eigenvalue weighted by molar-refractivity contribution is 0.826. The third-order valence-corrected chi connectivity index (χ3v) is 4.08. The SMILES string of the molecule is CCCCNc1nc(-c2ccccc2)cc(N(C)c2ccccc2)n1. The fourth-order valence-electron chi connectivity index (χ4n) is 2.60. The Labute approximate surface area is 149 Å². The van der Waals surface area contributed by atoms with Crippen LogP contribution in [0.15, 0.2) is 66.7 Å². The number of aromatic nitrogens is 2. The van der Waals surface area contributed by atoms with E-state index in [2.05, 4.69) is 41.4 Å². The van der Waals surface area contributed by atoms with Gasteiger partial charge in [0.1, 0.15) is 5.82 Å². The second-order valence-electron chi connectivity index (χ2n) is 5.98. The van der Waals surface area contributed by atoms with E-state index in [0.29, 0.717) is 5.95 Å². The van der Waals surface area contributed by atoms with Crippen molar-refractivity contribution in [2.45, 2.75) is 19.8 Å². The lowest BCUT2D eigenvalue weighted by Crippen LogP contribution is -2.14. The molecule has 0 aliphatic rings. The predicted octanol–water partition coefficient (Wildman–Crippen LogP) is 5.12. The quantitative estimate of drug-likeness (QED) is 0.609. The van der Waals surface area contributed by atoms with Gasteiger partial charge in [0, 0.05) is 30.9 Å². The zero-order valence-corrected chi connectivity index (χ0v) is 14.8. The fraction of sp³-hybridized carbons (Fsp3) is 0.238. The van der Waals surface area contributed by atoms with E-state index >= 15 is 0 Å². The molecule has 0 amide bonds. The molecule has 0 bridgehead atoms. The Kier molecular flexibility index (Phi) is 5.62. The van der Waals surface area contributed by atoms with Crippen molar-refractivity contribution in [2.75, 3.05) is 23.8 Å². The molecule has 0 saturated carbocycles. The van der Waals surface area contributed by atoms with Crippen LogP contribution in [-0.4, -0.2) is 23.6 Å². The topological polar surface area (TPSA) is 41.1 Å². The Morgan fingerprint density at radius 3 is 2.28 bits per heavy atom. The molecule has 0 unspecified atom stereocenters. The summed E-state index contributed by atoms with van der Waals surface area (Å²) in [5.74, 6) is 1.55. The first-order chi connectivity index (χ1) is 12.3. The molecule has 0 fully saturated rings. The number of hydrogen-bond donors (Lipinski definition) is 1. The number of nitrogens with one attached hydrogen (secondary N) is 1. The minimum absolute atomic E-state index is 0.674. The molecule has 0 atom stereocenters. The maximum atomic E-state index is 4.71. The lowest BCUT2D eigenvalue weighted by Gasteiger charge is -2.20. The van der Waals surface area contributed by atoms with Gasteiger partial charge >= 0.3 is 0 Å². The summed E-state index contributed by atoms with van der Waals surface area (Å²) >= 11 is 0. The minimum atomic E-state index is 0.674. The van der Waals surface area contributed by atoms with Crippen molar-refractivity contribution in [3.8, 4) is 11.3 Å². The highest BCUT2D eigenvalue weighted by Crippen LogP contribution is 2.27. The summed E-state index contributed by atoms with van der Waals surface area (Å²) in [4.78, 5) is 11.5. The average Bonchev–Trinajstić information content (AvgIpc) is 2.69. The summed E-state index contributed by atoms with van der Waals surface area (Å²) in [6, 6.07) is 22.5. The Balaban J connectivity index is 1.97. The Bertz CT molecular complexity index is 788. The van der Waals surface area contributed by atoms with Crippen LogP contribution in [0.3, 0.4) is 0 Å². The Morgan fingerprint density at radius 1 is 0.920 bits per heavy atom. The van der Waals surface area contributed by atoms with Gasteiger partial charge in [-0.25, -0.2) is 4.98 Å². The number of anilines is 3. The molecule has 0 spiro atoms. The van der Waals surface area contributed by atoms with Gasteiger partial charge in [0.05, 0.1) is 5.69 Å². The van der Waals surface area contributed by atoms with E-state index in [1.54, 1.807) is 0 Å². The number of unbranched alkanes of at least 4 members (excludes halogenated alkanes) is 1. The number of hydrogen-bond acceptors (Lipinski definition) is 4. The van der Waals surface area contributed by atoms with E-state index in [0.717, 1.165) is 42.1 Å². The summed E-state index contributed by atoms with van der Waals surface area (Å²) in [6.45, 7) is 3.06. The molecule has 2 aromatic carbocycles. The van der Waals surface area contributed by atoms with E-state index < -0.39 is 0 Å². The largest absolute Gasteiger partial charge is 0.354 e. The number of benzene rings is 2. The second-order valence-corrected chi connectivity index (χ2v) is 5.98. The van der Waals surface area contributed by atoms with Crippen molar-refractivity contribution >= 4 is 17.5 Å². The van der Waals surface area contributed by atoms with Gasteiger partial charge in [0.2, 0.25) is 5.95 Å². The van der Waals surface area contributed by atoms with Crippen molar-refractivity contribution in [1.82, 2.24) is 9.97 Å². The zero-order valence-electron chi connectivity index (χ0n) is 14.8. The smallest absolute Gasteiger partial charge is 0.225 e. The standard InChI is InChI=1S/C21H24N4/c1-3-4-15-22-21-23-19(17-11-7-5-8-12-17)16-20(24-21)25(2)18-13-9-6-10-14-18/h5-14,16H,3-4,15H2,1-2H3,(H,22,23,24). The van der Waals surface area contributed by atoms with Gasteiger partial charge in [-0.3, -0.25) is 0 Å². The molecule has 4 nitrogen and oxygen atoms in total. The molecule has 25 heavy (non-hydrogen) atoms. The van der Waals surface area contributed by atoms with Crippen LogP contribution < -0.4 is 10.2 Å². The molecule has 3 rings (SSSR count). The van der Waals surface area contributed by atoms with Crippen LogP contribution >= 0.6 is 0 Å². The summed E-state index contributed by atoms with van der Waals surface area (Å²) < 4.78 is 0. The molecule has 1 aromatic heterocycles.